The molecule has 0 saturated heterocycles. The Morgan fingerprint density at radius 1 is 0.250 bits per heavy atom. The van der Waals surface area contributed by atoms with E-state index in [0.717, 1.165) is 121 Å². The van der Waals surface area contributed by atoms with Gasteiger partial charge in [-0.2, -0.15) is 13.7 Å². The Bertz CT molecular complexity index is 8660. The number of rotatable bonds is 5. The van der Waals surface area contributed by atoms with Crippen molar-refractivity contribution in [1.82, 2.24) is 4.57 Å². The summed E-state index contributed by atoms with van der Waals surface area (Å²) in [6.07, 6.45) is 0. The second-order valence-corrected chi connectivity index (χ2v) is 34.4. The van der Waals surface area contributed by atoms with Crippen molar-refractivity contribution in [2.45, 2.75) is 82.1 Å². The number of aryl methyl sites for hydroxylation is 11. The third-order valence-corrected chi connectivity index (χ3v) is 27.1. The second-order valence-electron chi connectivity index (χ2n) is 34.4. The Balaban J connectivity index is 0.000000102. The fraction of sp³-hybridized carbons (Fsp3) is 0.148. The minimum Gasteiger partial charge on any atom is -0.454 e. The molecular formula is C115H97N5O4+4. The van der Waals surface area contributed by atoms with Crippen LogP contribution in [0.2, 0.25) is 0 Å². The molecule has 16 aromatic carbocycles. The number of nitrogens with zero attached hydrogens (tertiary/aromatic N) is 5. The summed E-state index contributed by atoms with van der Waals surface area (Å²) in [4.78, 5) is 0. The van der Waals surface area contributed by atoms with Crippen molar-refractivity contribution >= 4 is 175 Å². The normalized spacial score (nSPS) is 12.1. The zero-order valence-corrected chi connectivity index (χ0v) is 73.1. The predicted molar refractivity (Wildman–Crippen MR) is 517 cm³/mol. The number of benzene rings is 16. The zero-order valence-electron chi connectivity index (χ0n) is 74.1. The van der Waals surface area contributed by atoms with Crippen molar-refractivity contribution in [2.75, 3.05) is 0 Å². The van der Waals surface area contributed by atoms with E-state index in [2.05, 4.69) is 412 Å². The summed E-state index contributed by atoms with van der Waals surface area (Å²) in [6, 6.07) is 104. The molecule has 9 heteroatoms. The zero-order chi connectivity index (χ0) is 86.0. The molecule has 0 aliphatic carbocycles. The largest absolute Gasteiger partial charge is 0.454 e. The maximum atomic E-state index is 8.62. The molecule has 0 aliphatic rings. The van der Waals surface area contributed by atoms with E-state index < -0.39 is 5.89 Å². The highest BCUT2D eigenvalue weighted by molar-refractivity contribution is 6.22. The number of furan rings is 4. The predicted octanol–water partition coefficient (Wildman–Crippen LogP) is 28.8. The third kappa shape index (κ3) is 12.0. The Hall–Kier alpha value is -14.5. The van der Waals surface area contributed by atoms with Gasteiger partial charge in [0.05, 0.1) is 30.8 Å². The van der Waals surface area contributed by atoms with Crippen molar-refractivity contribution in [2.24, 2.45) is 35.2 Å². The lowest BCUT2D eigenvalue weighted by Gasteiger charge is -2.12. The van der Waals surface area contributed by atoms with E-state index in [1.807, 2.05) is 13.8 Å². The molecule has 0 saturated carbocycles. The average molecular weight is 1610 g/mol. The van der Waals surface area contributed by atoms with Gasteiger partial charge in [0.25, 0.3) is 5.82 Å². The van der Waals surface area contributed by atoms with Crippen molar-refractivity contribution in [3.05, 3.63) is 347 Å². The number of aromatic nitrogens is 5. The van der Waals surface area contributed by atoms with Crippen LogP contribution in [-0.2, 0) is 35.2 Å². The number of imidazole rings is 1. The van der Waals surface area contributed by atoms with Crippen LogP contribution < -0.4 is 18.3 Å². The second kappa shape index (κ2) is 29.7. The number of fused-ring (bicyclic) bond motifs is 24. The van der Waals surface area contributed by atoms with E-state index in [4.69, 9.17) is 19.0 Å². The molecule has 0 radical (unpaired) electrons. The van der Waals surface area contributed by atoms with E-state index in [9.17, 15) is 0 Å². The van der Waals surface area contributed by atoms with Gasteiger partial charge in [-0.1, -0.05) is 196 Å². The van der Waals surface area contributed by atoms with Crippen LogP contribution in [0.4, 0.5) is 0 Å². The maximum absolute atomic E-state index is 8.62. The van der Waals surface area contributed by atoms with Crippen molar-refractivity contribution < 1.29 is 37.3 Å². The van der Waals surface area contributed by atoms with Crippen LogP contribution in [-0.4, -0.2) is 4.57 Å². The quantitative estimate of drug-likeness (QED) is 0.161. The molecule has 124 heavy (non-hydrogen) atoms. The Morgan fingerprint density at radius 3 is 1.03 bits per heavy atom. The van der Waals surface area contributed by atoms with Crippen molar-refractivity contribution in [3.8, 4) is 45.2 Å². The number of para-hydroxylation sites is 3. The van der Waals surface area contributed by atoms with Gasteiger partial charge in [0.1, 0.15) is 65.8 Å². The average Bonchev–Trinajstić information content (AvgIpc) is 1.59. The lowest BCUT2D eigenvalue weighted by Crippen LogP contribution is -2.32. The van der Waals surface area contributed by atoms with Gasteiger partial charge in [0.15, 0.2) is 16.6 Å². The van der Waals surface area contributed by atoms with Crippen LogP contribution in [0.1, 0.15) is 76.7 Å². The van der Waals surface area contributed by atoms with Crippen LogP contribution in [0.3, 0.4) is 0 Å². The summed E-state index contributed by atoms with van der Waals surface area (Å²) in [7, 11) is 10.7. The van der Waals surface area contributed by atoms with E-state index in [-0.39, 0.29) is 0 Å². The molecule has 0 amide bonds. The first-order valence-electron chi connectivity index (χ1n) is 43.5. The fourth-order valence-corrected chi connectivity index (χ4v) is 20.1. The first-order valence-corrected chi connectivity index (χ1v) is 43.0. The number of hydrogen-bond acceptors (Lipinski definition) is 4. The highest BCUT2D eigenvalue weighted by atomic mass is 16.3. The highest BCUT2D eigenvalue weighted by Gasteiger charge is 2.32. The molecule has 9 nitrogen and oxygen atoms in total. The van der Waals surface area contributed by atoms with Crippen molar-refractivity contribution in [1.29, 1.82) is 0 Å². The molecule has 8 aromatic heterocycles. The van der Waals surface area contributed by atoms with Gasteiger partial charge in [-0.3, -0.25) is 0 Å². The standard InChI is InChI=1S/C31H28NO.2C29H24NO.C26H21N2O/c1-18(2)22-11-8-12-27-24(22)15-16-28(32(27)5)29-20(4)19(3)17-26-25-14-13-21-9-6-7-10-23(21)30(25)33-31(26)29;1-17-15-24-23-14-13-20-9-5-6-11-22(20)28(23)31-29(24)27(19(17)3)26-16-18(2)21-10-7-8-12-25(21)30(26)4;1-17-8-7-11-25-21(17)14-15-26(30(25)4)27-19(3)18(2)16-24-23-13-12-20-9-5-6-10-22(20)28(23)31-29(24)27;1-16-12-14-20-19-15-13-17-8-4-5-9-18(17)24(19)29-25(20)23(16)26-27(2)21-10-6-7-11-22(21)28(26)3/h6-18H,1-5H3;2*5-16H,1-4H3;4-15H,1-3H3/q4*+1/i18D;;;. The molecule has 0 bridgehead atoms. The molecule has 0 unspecified atom stereocenters. The minimum absolute atomic E-state index is 0.666. The highest BCUT2D eigenvalue weighted by Crippen LogP contribution is 2.47. The third-order valence-electron chi connectivity index (χ3n) is 27.1. The Kier molecular flexibility index (Phi) is 18.1. The molecular weight excluding hydrogens is 1520 g/mol. The minimum atomic E-state index is -0.666. The lowest BCUT2D eigenvalue weighted by molar-refractivity contribution is -0.634. The molecule has 0 aliphatic heterocycles. The molecule has 24 aromatic rings. The van der Waals surface area contributed by atoms with Gasteiger partial charge in [-0.25, -0.2) is 9.13 Å². The number of pyridine rings is 3. The smallest absolute Gasteiger partial charge is 0.293 e. The molecule has 0 N–H and O–H groups in total. The van der Waals surface area contributed by atoms with Gasteiger partial charge in [-0.05, 0) is 218 Å². The first-order chi connectivity index (χ1) is 60.5. The summed E-state index contributed by atoms with van der Waals surface area (Å²) in [5, 5.41) is 22.5. The van der Waals surface area contributed by atoms with Gasteiger partial charge in [0, 0.05) is 119 Å². The summed E-state index contributed by atoms with van der Waals surface area (Å²) in [6.45, 7) is 23.6. The molecule has 0 atom stereocenters. The monoisotopic (exact) mass is 1610 g/mol. The van der Waals surface area contributed by atoms with Gasteiger partial charge in [-0.15, -0.1) is 0 Å². The van der Waals surface area contributed by atoms with Gasteiger partial charge >= 0.3 is 0 Å². The first kappa shape index (κ1) is 75.7. The van der Waals surface area contributed by atoms with Crippen LogP contribution >= 0.6 is 0 Å². The van der Waals surface area contributed by atoms with E-state index in [0.29, 0.717) is 0 Å². The molecule has 24 rings (SSSR count). The molecule has 602 valence electrons. The molecule has 0 spiro atoms. The maximum Gasteiger partial charge on any atom is 0.293 e. The van der Waals surface area contributed by atoms with Crippen LogP contribution in [0.15, 0.2) is 309 Å². The van der Waals surface area contributed by atoms with Crippen LogP contribution in [0.25, 0.3) is 220 Å². The van der Waals surface area contributed by atoms with Crippen molar-refractivity contribution in [3.63, 3.8) is 0 Å². The lowest BCUT2D eigenvalue weighted by atomic mass is 9.94. The fourth-order valence-electron chi connectivity index (χ4n) is 20.1. The summed E-state index contributed by atoms with van der Waals surface area (Å²) >= 11 is 0. The van der Waals surface area contributed by atoms with Crippen LogP contribution in [0, 0.1) is 62.3 Å². The SMILES string of the molecule is Cc1cc2c(oc3c4ccccc4ccc23)c(-c2cc(C)c3ccccc3[n+]2C)c1C.Cc1cc2c(oc3c4ccccc4ccc23)c(-c2ccc3c(C)cccc3[n+]2C)c1C.Cc1ccc2c(oc3c4ccccc4ccc23)c1-c1n(C)c2ccccc2[n+]1C.[2H]C(C)(C)c1cccc2c1ccc(-c1c(C)c(C)cc3c1oc1c4ccccc4ccc31)[n+]2C. The van der Waals surface area contributed by atoms with E-state index in [1.54, 1.807) is 0 Å². The van der Waals surface area contributed by atoms with Gasteiger partial charge < -0.3 is 17.7 Å². The van der Waals surface area contributed by atoms with E-state index in [1.165, 1.54) is 154 Å². The topological polar surface area (TPSA) is 73.0 Å². The van der Waals surface area contributed by atoms with Crippen LogP contribution in [0.5, 0.6) is 0 Å². The van der Waals surface area contributed by atoms with Gasteiger partial charge in [0.2, 0.25) is 33.6 Å². The summed E-state index contributed by atoms with van der Waals surface area (Å²) < 4.78 is 46.6. The number of hydrogen-bond donors (Lipinski definition) is 0. The molecule has 8 heterocycles. The van der Waals surface area contributed by atoms with E-state index >= 15 is 0 Å². The summed E-state index contributed by atoms with van der Waals surface area (Å²) in [5.74, 6) is 0.484. The summed E-state index contributed by atoms with van der Waals surface area (Å²) in [5.41, 5.74) is 34.2. The Morgan fingerprint density at radius 2 is 0.581 bits per heavy atom. The Labute approximate surface area is 721 Å². The molecule has 0 fully saturated rings.